The minimum absolute atomic E-state index is 0.178. The molecule has 7 heteroatoms. The largest absolute Gasteiger partial charge is 0.399 e. The van der Waals surface area contributed by atoms with Crippen molar-refractivity contribution in [2.24, 2.45) is 0 Å². The van der Waals surface area contributed by atoms with Gasteiger partial charge in [-0.1, -0.05) is 13.0 Å². The van der Waals surface area contributed by atoms with Crippen molar-refractivity contribution in [3.05, 3.63) is 46.6 Å². The van der Waals surface area contributed by atoms with Crippen molar-refractivity contribution in [1.82, 2.24) is 4.98 Å². The number of benzene rings is 1. The third-order valence-corrected chi connectivity index (χ3v) is 4.81. The molecule has 0 spiro atoms. The van der Waals surface area contributed by atoms with E-state index >= 15 is 0 Å². The number of sulfonamides is 1. The fourth-order valence-electron chi connectivity index (χ4n) is 1.76. The third kappa shape index (κ3) is 3.10. The molecule has 0 aliphatic carbocycles. The van der Waals surface area contributed by atoms with Crippen LogP contribution in [0, 0.1) is 0 Å². The molecule has 0 aliphatic rings. The summed E-state index contributed by atoms with van der Waals surface area (Å²) in [6.45, 7) is 1.89. The van der Waals surface area contributed by atoms with Crippen LogP contribution in [-0.4, -0.2) is 13.4 Å². The van der Waals surface area contributed by atoms with Crippen LogP contribution < -0.4 is 10.5 Å². The lowest BCUT2D eigenvalue weighted by molar-refractivity contribution is 0.600. The number of nitrogen functional groups attached to an aromatic ring is 1. The summed E-state index contributed by atoms with van der Waals surface area (Å²) in [6, 6.07) is 8.29. The summed E-state index contributed by atoms with van der Waals surface area (Å²) in [5.74, 6) is 0.247. The Bertz CT molecular complexity index is 732. The summed E-state index contributed by atoms with van der Waals surface area (Å²) < 4.78 is 28.0. The monoisotopic (exact) mass is 355 g/mol. The summed E-state index contributed by atoms with van der Waals surface area (Å²) in [5, 5.41) is 0. The second-order valence-corrected chi connectivity index (χ2v) is 6.67. The minimum atomic E-state index is -3.72. The molecule has 0 unspecified atom stereocenters. The van der Waals surface area contributed by atoms with Gasteiger partial charge in [-0.25, -0.2) is 13.4 Å². The predicted octanol–water partition coefficient (Wildman–Crippen LogP) is 2.79. The number of aromatic nitrogens is 1. The Hall–Kier alpha value is -1.60. The molecule has 0 fully saturated rings. The second kappa shape index (κ2) is 5.80. The zero-order chi connectivity index (χ0) is 14.8. The molecule has 0 atom stereocenters. The van der Waals surface area contributed by atoms with E-state index in [0.717, 1.165) is 0 Å². The van der Waals surface area contributed by atoms with Crippen LogP contribution in [0.4, 0.5) is 11.5 Å². The zero-order valence-electron chi connectivity index (χ0n) is 10.8. The Kier molecular flexibility index (Phi) is 4.29. The second-order valence-electron chi connectivity index (χ2n) is 4.16. The van der Waals surface area contributed by atoms with Crippen molar-refractivity contribution in [3.63, 3.8) is 0 Å². The highest BCUT2D eigenvalue weighted by atomic mass is 79.9. The molecule has 106 valence electrons. The van der Waals surface area contributed by atoms with Gasteiger partial charge in [0.1, 0.15) is 0 Å². The van der Waals surface area contributed by atoms with Crippen LogP contribution >= 0.6 is 15.9 Å². The van der Waals surface area contributed by atoms with E-state index in [1.807, 2.05) is 6.92 Å². The van der Waals surface area contributed by atoms with Crippen molar-refractivity contribution in [1.29, 1.82) is 0 Å². The van der Waals surface area contributed by atoms with Gasteiger partial charge in [0.15, 0.2) is 5.82 Å². The summed E-state index contributed by atoms with van der Waals surface area (Å²) in [4.78, 5) is 4.18. The fraction of sp³-hybridized carbons (Fsp3) is 0.154. The molecule has 5 nitrogen and oxygen atoms in total. The Morgan fingerprint density at radius 3 is 2.75 bits per heavy atom. The Morgan fingerprint density at radius 2 is 2.10 bits per heavy atom. The summed E-state index contributed by atoms with van der Waals surface area (Å²) in [5.41, 5.74) is 6.80. The number of anilines is 2. The van der Waals surface area contributed by atoms with Crippen molar-refractivity contribution in [2.75, 3.05) is 10.5 Å². The standard InChI is InChI=1S/C13H14BrN3O2S/c1-2-9-5-6-10(15)8-12(9)20(18,19)17-13-11(14)4-3-7-16-13/h3-8H,2,15H2,1H3,(H,16,17). The third-order valence-electron chi connectivity index (χ3n) is 2.75. The molecular formula is C13H14BrN3O2S. The van der Waals surface area contributed by atoms with E-state index in [1.54, 1.807) is 24.3 Å². The highest BCUT2D eigenvalue weighted by Gasteiger charge is 2.19. The molecule has 3 N–H and O–H groups in total. The lowest BCUT2D eigenvalue weighted by Crippen LogP contribution is -2.16. The molecule has 0 radical (unpaired) electrons. The Morgan fingerprint density at radius 1 is 1.35 bits per heavy atom. The number of nitrogens with two attached hydrogens (primary N) is 1. The maximum Gasteiger partial charge on any atom is 0.263 e. The van der Waals surface area contributed by atoms with Crippen molar-refractivity contribution >= 4 is 37.5 Å². The van der Waals surface area contributed by atoms with Crippen molar-refractivity contribution < 1.29 is 8.42 Å². The number of hydrogen-bond donors (Lipinski definition) is 2. The average Bonchev–Trinajstić information content (AvgIpc) is 2.41. The number of halogens is 1. The van der Waals surface area contributed by atoms with Crippen LogP contribution in [-0.2, 0) is 16.4 Å². The number of pyridine rings is 1. The van der Waals surface area contributed by atoms with Crippen LogP contribution in [0.5, 0.6) is 0 Å². The molecule has 2 aromatic rings. The van der Waals surface area contributed by atoms with Gasteiger partial charge in [-0.2, -0.15) is 0 Å². The molecule has 1 aromatic carbocycles. The first-order valence-corrected chi connectivity index (χ1v) is 8.23. The minimum Gasteiger partial charge on any atom is -0.399 e. The first-order valence-electron chi connectivity index (χ1n) is 5.96. The number of nitrogens with zero attached hydrogens (tertiary/aromatic N) is 1. The van der Waals surface area contributed by atoms with Crippen LogP contribution in [0.1, 0.15) is 12.5 Å². The van der Waals surface area contributed by atoms with Gasteiger partial charge in [-0.3, -0.25) is 4.72 Å². The van der Waals surface area contributed by atoms with E-state index in [0.29, 0.717) is 22.1 Å². The fourth-order valence-corrected chi connectivity index (χ4v) is 3.62. The number of nitrogens with one attached hydrogen (secondary N) is 1. The smallest absolute Gasteiger partial charge is 0.263 e. The van der Waals surface area contributed by atoms with E-state index in [4.69, 9.17) is 5.73 Å². The number of hydrogen-bond acceptors (Lipinski definition) is 4. The first-order chi connectivity index (χ1) is 9.44. The number of rotatable bonds is 4. The first kappa shape index (κ1) is 14.8. The van der Waals surface area contributed by atoms with E-state index in [1.165, 1.54) is 12.3 Å². The summed E-state index contributed by atoms with van der Waals surface area (Å²) in [6.07, 6.45) is 2.11. The van der Waals surface area contributed by atoms with Crippen molar-refractivity contribution in [2.45, 2.75) is 18.2 Å². The van der Waals surface area contributed by atoms with Gasteiger partial charge >= 0.3 is 0 Å². The van der Waals surface area contributed by atoms with E-state index < -0.39 is 10.0 Å². The van der Waals surface area contributed by atoms with E-state index in [9.17, 15) is 8.42 Å². The molecule has 0 aliphatic heterocycles. The van der Waals surface area contributed by atoms with Gasteiger partial charge in [0, 0.05) is 11.9 Å². The molecule has 20 heavy (non-hydrogen) atoms. The van der Waals surface area contributed by atoms with Crippen LogP contribution in [0.3, 0.4) is 0 Å². The van der Waals surface area contributed by atoms with Gasteiger partial charge in [0.2, 0.25) is 0 Å². The lowest BCUT2D eigenvalue weighted by atomic mass is 10.1. The van der Waals surface area contributed by atoms with Gasteiger partial charge in [0.05, 0.1) is 9.37 Å². The van der Waals surface area contributed by atoms with Crippen molar-refractivity contribution in [3.8, 4) is 0 Å². The maximum atomic E-state index is 12.5. The van der Waals surface area contributed by atoms with Crippen LogP contribution in [0.25, 0.3) is 0 Å². The van der Waals surface area contributed by atoms with Gasteiger partial charge in [-0.15, -0.1) is 0 Å². The van der Waals surface area contributed by atoms with E-state index in [-0.39, 0.29) is 10.7 Å². The number of aryl methyl sites for hydroxylation is 1. The lowest BCUT2D eigenvalue weighted by Gasteiger charge is -2.12. The normalized spacial score (nSPS) is 11.3. The van der Waals surface area contributed by atoms with Gasteiger partial charge in [0.25, 0.3) is 10.0 Å². The molecule has 2 rings (SSSR count). The molecule has 0 saturated carbocycles. The summed E-state index contributed by atoms with van der Waals surface area (Å²) in [7, 11) is -3.72. The molecule has 0 amide bonds. The van der Waals surface area contributed by atoms with Gasteiger partial charge in [-0.05, 0) is 52.2 Å². The SMILES string of the molecule is CCc1ccc(N)cc1S(=O)(=O)Nc1ncccc1Br. The highest BCUT2D eigenvalue weighted by molar-refractivity contribution is 9.10. The van der Waals surface area contributed by atoms with E-state index in [2.05, 4.69) is 25.6 Å². The topological polar surface area (TPSA) is 85.1 Å². The van der Waals surface area contributed by atoms with Crippen LogP contribution in [0.2, 0.25) is 0 Å². The Balaban J connectivity index is 2.46. The average molecular weight is 356 g/mol. The van der Waals surface area contributed by atoms with Crippen LogP contribution in [0.15, 0.2) is 45.9 Å². The molecule has 1 heterocycles. The predicted molar refractivity (Wildman–Crippen MR) is 83.0 cm³/mol. The summed E-state index contributed by atoms with van der Waals surface area (Å²) >= 11 is 3.26. The molecule has 0 saturated heterocycles. The zero-order valence-corrected chi connectivity index (χ0v) is 13.2. The molecule has 0 bridgehead atoms. The quantitative estimate of drug-likeness (QED) is 0.825. The highest BCUT2D eigenvalue weighted by Crippen LogP contribution is 2.25. The van der Waals surface area contributed by atoms with Gasteiger partial charge < -0.3 is 5.73 Å². The molecule has 1 aromatic heterocycles. The Labute approximate surface area is 126 Å². The molecular weight excluding hydrogens is 342 g/mol. The maximum absolute atomic E-state index is 12.5.